The molecular formula is C18H21N. The lowest BCUT2D eigenvalue weighted by Gasteiger charge is -2.16. The molecule has 6 rings (SSSR count). The second kappa shape index (κ2) is 5.18. The summed E-state index contributed by atoms with van der Waals surface area (Å²) in [5, 5.41) is 0. The van der Waals surface area contributed by atoms with Gasteiger partial charge in [-0.1, -0.05) is 42.5 Å². The van der Waals surface area contributed by atoms with Gasteiger partial charge in [-0.2, -0.15) is 0 Å². The average Bonchev–Trinajstić information content (AvgIpc) is 2.41. The molecule has 0 saturated heterocycles. The van der Waals surface area contributed by atoms with Crippen molar-refractivity contribution in [3.63, 3.8) is 0 Å². The molecule has 0 fully saturated rings. The predicted octanol–water partition coefficient (Wildman–Crippen LogP) is 3.59. The smallest absolute Gasteiger partial charge is 0.0268 e. The van der Waals surface area contributed by atoms with Gasteiger partial charge in [0.15, 0.2) is 0 Å². The van der Waals surface area contributed by atoms with Gasteiger partial charge in [0, 0.05) is 6.04 Å². The highest BCUT2D eigenvalue weighted by Crippen LogP contribution is 2.22. The summed E-state index contributed by atoms with van der Waals surface area (Å²) in [4.78, 5) is 0. The molecule has 0 aromatic heterocycles. The Morgan fingerprint density at radius 1 is 0.789 bits per heavy atom. The minimum absolute atomic E-state index is 0.124. The Morgan fingerprint density at radius 2 is 1.32 bits per heavy atom. The summed E-state index contributed by atoms with van der Waals surface area (Å²) in [5.74, 6) is 0. The van der Waals surface area contributed by atoms with Gasteiger partial charge in [-0.25, -0.2) is 0 Å². The summed E-state index contributed by atoms with van der Waals surface area (Å²) >= 11 is 0. The van der Waals surface area contributed by atoms with Crippen LogP contribution in [0.15, 0.2) is 42.5 Å². The zero-order chi connectivity index (χ0) is 13.2. The quantitative estimate of drug-likeness (QED) is 0.823. The van der Waals surface area contributed by atoms with E-state index in [4.69, 9.17) is 5.73 Å². The molecule has 1 atom stereocenters. The lowest BCUT2D eigenvalue weighted by molar-refractivity contribution is 0.785. The van der Waals surface area contributed by atoms with Gasteiger partial charge in [-0.3, -0.25) is 0 Å². The van der Waals surface area contributed by atoms with E-state index < -0.39 is 0 Å². The third-order valence-corrected chi connectivity index (χ3v) is 4.11. The highest BCUT2D eigenvalue weighted by atomic mass is 14.6. The van der Waals surface area contributed by atoms with Crippen molar-refractivity contribution in [1.29, 1.82) is 0 Å². The van der Waals surface area contributed by atoms with Crippen molar-refractivity contribution in [2.75, 3.05) is 0 Å². The molecule has 0 radical (unpaired) electrons. The normalized spacial score (nSPS) is 15.9. The number of aryl methyl sites for hydroxylation is 4. The van der Waals surface area contributed by atoms with Gasteiger partial charge in [0.05, 0.1) is 0 Å². The average molecular weight is 251 g/mol. The van der Waals surface area contributed by atoms with Crippen molar-refractivity contribution < 1.29 is 0 Å². The molecule has 0 amide bonds. The molecule has 98 valence electrons. The first-order chi connectivity index (χ1) is 9.22. The van der Waals surface area contributed by atoms with E-state index in [2.05, 4.69) is 49.4 Å². The monoisotopic (exact) mass is 251 g/mol. The third kappa shape index (κ3) is 2.71. The summed E-state index contributed by atoms with van der Waals surface area (Å²) in [7, 11) is 0. The Hall–Kier alpha value is -1.60. The van der Waals surface area contributed by atoms with Crippen LogP contribution in [0.25, 0.3) is 0 Å². The molecule has 1 heteroatoms. The van der Waals surface area contributed by atoms with Crippen LogP contribution in [0.3, 0.4) is 0 Å². The zero-order valence-corrected chi connectivity index (χ0v) is 11.5. The maximum Gasteiger partial charge on any atom is 0.0268 e. The molecule has 19 heavy (non-hydrogen) atoms. The fraction of sp³-hybridized carbons (Fsp3) is 0.333. The Morgan fingerprint density at radius 3 is 1.95 bits per heavy atom. The first-order valence-corrected chi connectivity index (χ1v) is 7.17. The van der Waals surface area contributed by atoms with Crippen molar-refractivity contribution in [1.82, 2.24) is 0 Å². The molecule has 2 aromatic rings. The lowest BCUT2D eigenvalue weighted by atomic mass is 9.91. The van der Waals surface area contributed by atoms with Gasteiger partial charge >= 0.3 is 0 Å². The summed E-state index contributed by atoms with van der Waals surface area (Å²) < 4.78 is 0. The van der Waals surface area contributed by atoms with E-state index in [9.17, 15) is 0 Å². The summed E-state index contributed by atoms with van der Waals surface area (Å²) in [5.41, 5.74) is 13.1. The van der Waals surface area contributed by atoms with Crippen molar-refractivity contribution in [3.8, 4) is 0 Å². The molecule has 1 nitrogen and oxygen atoms in total. The topological polar surface area (TPSA) is 26.0 Å². The van der Waals surface area contributed by atoms with Crippen LogP contribution in [0.2, 0.25) is 0 Å². The zero-order valence-electron chi connectivity index (χ0n) is 11.5. The van der Waals surface area contributed by atoms with E-state index in [0.29, 0.717) is 0 Å². The van der Waals surface area contributed by atoms with Gasteiger partial charge in [-0.15, -0.1) is 0 Å². The van der Waals surface area contributed by atoms with E-state index >= 15 is 0 Å². The van der Waals surface area contributed by atoms with Crippen LogP contribution in [0.1, 0.15) is 40.8 Å². The Labute approximate surface area is 115 Å². The molecule has 1 unspecified atom stereocenters. The van der Waals surface area contributed by atoms with Crippen molar-refractivity contribution in [3.05, 3.63) is 70.3 Å². The second-order valence-electron chi connectivity index (χ2n) is 5.64. The van der Waals surface area contributed by atoms with Crippen LogP contribution in [-0.4, -0.2) is 0 Å². The van der Waals surface area contributed by atoms with Crippen molar-refractivity contribution in [2.45, 2.75) is 38.6 Å². The van der Waals surface area contributed by atoms with E-state index in [1.807, 2.05) is 0 Å². The van der Waals surface area contributed by atoms with Crippen LogP contribution in [0.5, 0.6) is 0 Å². The van der Waals surface area contributed by atoms with Crippen molar-refractivity contribution in [2.24, 2.45) is 5.73 Å². The molecule has 0 saturated carbocycles. The minimum atomic E-state index is 0.124. The highest BCUT2D eigenvalue weighted by Gasteiger charge is 2.10. The molecule has 4 bridgehead atoms. The van der Waals surface area contributed by atoms with Crippen LogP contribution < -0.4 is 5.73 Å². The van der Waals surface area contributed by atoms with E-state index in [-0.39, 0.29) is 6.04 Å². The molecule has 2 N–H and O–H groups in total. The van der Waals surface area contributed by atoms with Crippen LogP contribution in [-0.2, 0) is 25.7 Å². The summed E-state index contributed by atoms with van der Waals surface area (Å²) in [6.45, 7) is 2.09. The largest absolute Gasteiger partial charge is 0.324 e. The van der Waals surface area contributed by atoms with Gasteiger partial charge < -0.3 is 5.73 Å². The molecule has 4 aliphatic rings. The van der Waals surface area contributed by atoms with E-state index in [1.165, 1.54) is 27.8 Å². The van der Waals surface area contributed by atoms with Gasteiger partial charge in [0.2, 0.25) is 0 Å². The number of rotatable bonds is 1. The lowest BCUT2D eigenvalue weighted by Crippen LogP contribution is -2.10. The molecule has 2 aromatic carbocycles. The number of hydrogen-bond donors (Lipinski definition) is 1. The number of nitrogens with two attached hydrogens (primary N) is 1. The maximum absolute atomic E-state index is 6.13. The van der Waals surface area contributed by atoms with Gasteiger partial charge in [0.25, 0.3) is 0 Å². The maximum atomic E-state index is 6.13. The molecular weight excluding hydrogens is 230 g/mol. The van der Waals surface area contributed by atoms with E-state index in [1.54, 1.807) is 0 Å². The van der Waals surface area contributed by atoms with Crippen LogP contribution >= 0.6 is 0 Å². The number of hydrogen-bond acceptors (Lipinski definition) is 1. The molecule has 0 heterocycles. The van der Waals surface area contributed by atoms with E-state index in [0.717, 1.165) is 25.7 Å². The second-order valence-corrected chi connectivity index (χ2v) is 5.64. The Balaban J connectivity index is 2.01. The summed E-state index contributed by atoms with van der Waals surface area (Å²) in [6.07, 6.45) is 4.38. The van der Waals surface area contributed by atoms with Crippen LogP contribution in [0.4, 0.5) is 0 Å². The Bertz CT molecular complexity index is 567. The number of benzene rings is 2. The predicted molar refractivity (Wildman–Crippen MR) is 80.3 cm³/mol. The summed E-state index contributed by atoms with van der Waals surface area (Å²) in [6, 6.07) is 16.1. The first kappa shape index (κ1) is 12.4. The van der Waals surface area contributed by atoms with Gasteiger partial charge in [-0.05, 0) is 60.4 Å². The first-order valence-electron chi connectivity index (χ1n) is 7.17. The molecule has 0 spiro atoms. The highest BCUT2D eigenvalue weighted by molar-refractivity contribution is 5.36. The Kier molecular flexibility index (Phi) is 3.39. The standard InChI is InChI=1S/C18H21N/c1-13(19)18-12-16-7-6-14-2-4-15(5-3-14)8-10-17(18)11-9-16/h2-5,9,11-13H,6-8,10,19H2,1H3. The van der Waals surface area contributed by atoms with Gasteiger partial charge in [0.1, 0.15) is 0 Å². The molecule has 4 aliphatic carbocycles. The molecule has 0 aliphatic heterocycles. The SMILES string of the molecule is CC(N)c1cc2ccc1CCc1ccc(cc1)CC2. The fourth-order valence-electron chi connectivity index (χ4n) is 2.89. The third-order valence-electron chi connectivity index (χ3n) is 4.11. The minimum Gasteiger partial charge on any atom is -0.324 e. The van der Waals surface area contributed by atoms with Crippen LogP contribution in [0, 0.1) is 0 Å². The van der Waals surface area contributed by atoms with Crippen molar-refractivity contribution >= 4 is 0 Å². The fourth-order valence-corrected chi connectivity index (χ4v) is 2.89.